The van der Waals surface area contributed by atoms with Crippen LogP contribution in [0, 0.1) is 11.3 Å². The van der Waals surface area contributed by atoms with Gasteiger partial charge in [-0.25, -0.2) is 4.98 Å². The molecule has 0 aliphatic carbocycles. The molecule has 31 heavy (non-hydrogen) atoms. The molecule has 0 aliphatic heterocycles. The summed E-state index contributed by atoms with van der Waals surface area (Å²) in [6, 6.07) is 4.94. The second-order valence-corrected chi connectivity index (χ2v) is 6.11. The van der Waals surface area contributed by atoms with E-state index in [1.807, 2.05) is 0 Å². The van der Waals surface area contributed by atoms with Gasteiger partial charge in [-0.05, 0) is 24.3 Å². The molecule has 4 nitrogen and oxygen atoms in total. The van der Waals surface area contributed by atoms with Crippen LogP contribution in [0.2, 0.25) is 0 Å². The van der Waals surface area contributed by atoms with Crippen molar-refractivity contribution in [2.45, 2.75) is 18.5 Å². The van der Waals surface area contributed by atoms with Gasteiger partial charge in [-0.3, -0.25) is 0 Å². The van der Waals surface area contributed by atoms with E-state index >= 15 is 0 Å². The summed E-state index contributed by atoms with van der Waals surface area (Å²) in [5.74, 6) is -0.309. The van der Waals surface area contributed by atoms with Gasteiger partial charge in [0.25, 0.3) is 0 Å². The second kappa shape index (κ2) is 8.91. The van der Waals surface area contributed by atoms with Gasteiger partial charge < -0.3 is 9.64 Å². The van der Waals surface area contributed by atoms with Crippen molar-refractivity contribution in [3.8, 4) is 11.9 Å². The highest BCUT2D eigenvalue weighted by atomic mass is 19.4. The van der Waals surface area contributed by atoms with Crippen LogP contribution in [0.4, 0.5) is 45.2 Å². The Morgan fingerprint density at radius 3 is 2.10 bits per heavy atom. The highest BCUT2D eigenvalue weighted by molar-refractivity contribution is 5.55. The number of ether oxygens (including phenoxy) is 1. The lowest BCUT2D eigenvalue weighted by atomic mass is 10.1. The van der Waals surface area contributed by atoms with Crippen LogP contribution in [0.25, 0.3) is 0 Å². The number of halogens is 9. The van der Waals surface area contributed by atoms with Gasteiger partial charge >= 0.3 is 18.5 Å². The molecule has 0 saturated carbocycles. The minimum atomic E-state index is -4.97. The van der Waals surface area contributed by atoms with Gasteiger partial charge in [0.1, 0.15) is 13.2 Å². The molecule has 0 N–H and O–H groups in total. The van der Waals surface area contributed by atoms with Crippen LogP contribution in [-0.2, 0) is 12.4 Å². The van der Waals surface area contributed by atoms with Crippen LogP contribution >= 0.6 is 0 Å². The summed E-state index contributed by atoms with van der Waals surface area (Å²) in [7, 11) is 0. The molecule has 1 aromatic heterocycles. The normalized spacial score (nSPS) is 12.4. The molecule has 0 radical (unpaired) electrons. The zero-order valence-electron chi connectivity index (χ0n) is 15.2. The molecule has 0 spiro atoms. The Morgan fingerprint density at radius 2 is 1.61 bits per heavy atom. The average molecular weight is 457 g/mol. The molecule has 1 heterocycles. The number of benzene rings is 1. The van der Waals surface area contributed by atoms with Crippen LogP contribution in [-0.4, -0.2) is 30.9 Å². The number of hydrogen-bond acceptors (Lipinski definition) is 4. The van der Waals surface area contributed by atoms with Gasteiger partial charge in [0.15, 0.2) is 0 Å². The number of alkyl halides is 9. The van der Waals surface area contributed by atoms with Gasteiger partial charge in [0.05, 0.1) is 29.3 Å². The minimum Gasteiger partial charge on any atom is -0.476 e. The first-order valence-electron chi connectivity index (χ1n) is 8.30. The maximum Gasteiger partial charge on any atom is 0.417 e. The van der Waals surface area contributed by atoms with Crippen molar-refractivity contribution in [3.05, 3.63) is 53.2 Å². The third-order valence-electron chi connectivity index (χ3n) is 3.84. The molecule has 0 atom stereocenters. The van der Waals surface area contributed by atoms with Crippen molar-refractivity contribution in [1.29, 1.82) is 5.26 Å². The summed E-state index contributed by atoms with van der Waals surface area (Å²) in [6.07, 6.45) is -13.9. The number of rotatable bonds is 6. The Bertz CT molecular complexity index is 929. The molecule has 2 aromatic rings. The fourth-order valence-corrected chi connectivity index (χ4v) is 2.47. The summed E-state index contributed by atoms with van der Waals surface area (Å²) in [5, 5.41) is 8.79. The van der Waals surface area contributed by atoms with Crippen molar-refractivity contribution in [1.82, 2.24) is 4.98 Å². The first-order chi connectivity index (χ1) is 14.2. The predicted molar refractivity (Wildman–Crippen MR) is 89.2 cm³/mol. The zero-order chi connectivity index (χ0) is 23.4. The summed E-state index contributed by atoms with van der Waals surface area (Å²) < 4.78 is 121. The highest BCUT2D eigenvalue weighted by Crippen LogP contribution is 2.35. The Balaban J connectivity index is 2.19. The Hall–Kier alpha value is -3.17. The van der Waals surface area contributed by atoms with E-state index in [4.69, 9.17) is 10.00 Å². The number of pyridine rings is 1. The van der Waals surface area contributed by atoms with E-state index < -0.39 is 60.6 Å². The SMILES string of the molecule is N#Cc1ccc(N(CCOc2ccc(C(F)(F)F)cn2)CC(F)(F)F)cc1C(F)(F)F. The van der Waals surface area contributed by atoms with Crippen LogP contribution < -0.4 is 9.64 Å². The van der Waals surface area contributed by atoms with Gasteiger partial charge in [0, 0.05) is 18.0 Å². The first kappa shape index (κ1) is 24.1. The van der Waals surface area contributed by atoms with Gasteiger partial charge in [-0.2, -0.15) is 44.8 Å². The molecule has 0 bridgehead atoms. The maximum absolute atomic E-state index is 13.1. The van der Waals surface area contributed by atoms with E-state index in [1.54, 1.807) is 0 Å². The molecule has 0 amide bonds. The fourth-order valence-electron chi connectivity index (χ4n) is 2.47. The summed E-state index contributed by atoms with van der Waals surface area (Å²) in [6.45, 7) is -2.71. The quantitative estimate of drug-likeness (QED) is 0.543. The van der Waals surface area contributed by atoms with Crippen LogP contribution in [0.3, 0.4) is 0 Å². The number of nitriles is 1. The summed E-state index contributed by atoms with van der Waals surface area (Å²) >= 11 is 0. The van der Waals surface area contributed by atoms with E-state index in [0.717, 1.165) is 18.2 Å². The van der Waals surface area contributed by atoms with Gasteiger partial charge in [0.2, 0.25) is 5.88 Å². The predicted octanol–water partition coefficient (Wildman–Crippen LogP) is 5.44. The second-order valence-electron chi connectivity index (χ2n) is 6.11. The molecule has 1 aromatic carbocycles. The smallest absolute Gasteiger partial charge is 0.417 e. The minimum absolute atomic E-state index is 0.309. The number of aromatic nitrogens is 1. The molecular formula is C18H12F9N3O. The largest absolute Gasteiger partial charge is 0.476 e. The Labute approximate surface area is 169 Å². The van der Waals surface area contributed by atoms with E-state index in [-0.39, 0.29) is 5.88 Å². The monoisotopic (exact) mass is 457 g/mol. The van der Waals surface area contributed by atoms with Crippen LogP contribution in [0.15, 0.2) is 36.5 Å². The molecule has 13 heteroatoms. The zero-order valence-corrected chi connectivity index (χ0v) is 15.2. The van der Waals surface area contributed by atoms with E-state index in [2.05, 4.69) is 4.98 Å². The Kier molecular flexibility index (Phi) is 6.93. The summed E-state index contributed by atoms with van der Waals surface area (Å²) in [4.78, 5) is 3.93. The van der Waals surface area contributed by atoms with Crippen molar-refractivity contribution in [3.63, 3.8) is 0 Å². The first-order valence-corrected chi connectivity index (χ1v) is 8.30. The third kappa shape index (κ3) is 6.94. The van der Waals surface area contributed by atoms with Crippen LogP contribution in [0.5, 0.6) is 5.88 Å². The lowest BCUT2D eigenvalue weighted by Gasteiger charge is -2.26. The third-order valence-corrected chi connectivity index (χ3v) is 3.84. The number of anilines is 1. The average Bonchev–Trinajstić information content (AvgIpc) is 2.65. The number of hydrogen-bond donors (Lipinski definition) is 0. The van der Waals surface area contributed by atoms with Crippen LogP contribution in [0.1, 0.15) is 16.7 Å². The molecule has 0 aliphatic rings. The summed E-state index contributed by atoms with van der Waals surface area (Å²) in [5.41, 5.74) is -3.68. The van der Waals surface area contributed by atoms with Crippen molar-refractivity contribution in [2.75, 3.05) is 24.6 Å². The van der Waals surface area contributed by atoms with Gasteiger partial charge in [-0.15, -0.1) is 0 Å². The van der Waals surface area contributed by atoms with E-state index in [1.165, 1.54) is 6.07 Å². The molecular weight excluding hydrogens is 445 g/mol. The van der Waals surface area contributed by atoms with E-state index in [9.17, 15) is 39.5 Å². The topological polar surface area (TPSA) is 49.2 Å². The molecule has 0 saturated heterocycles. The van der Waals surface area contributed by atoms with Crippen molar-refractivity contribution in [2.24, 2.45) is 0 Å². The van der Waals surface area contributed by atoms with E-state index in [0.29, 0.717) is 23.2 Å². The lowest BCUT2D eigenvalue weighted by Crippen LogP contribution is -2.37. The van der Waals surface area contributed by atoms with Gasteiger partial charge in [-0.1, -0.05) is 0 Å². The molecule has 168 valence electrons. The van der Waals surface area contributed by atoms with Crippen molar-refractivity contribution >= 4 is 5.69 Å². The standard InChI is InChI=1S/C18H12F9N3O/c19-16(20,21)10-30(13-3-1-11(8-28)14(7-13)18(25,26)27)5-6-31-15-4-2-12(9-29-15)17(22,23)24/h1-4,7,9H,5-6,10H2. The number of nitrogens with zero attached hydrogens (tertiary/aromatic N) is 3. The lowest BCUT2D eigenvalue weighted by molar-refractivity contribution is -0.138. The maximum atomic E-state index is 13.1. The highest BCUT2D eigenvalue weighted by Gasteiger charge is 2.36. The Morgan fingerprint density at radius 1 is 0.935 bits per heavy atom. The van der Waals surface area contributed by atoms with Crippen molar-refractivity contribution < 1.29 is 44.3 Å². The fraction of sp³-hybridized carbons (Fsp3) is 0.333. The molecule has 0 fully saturated rings. The molecule has 2 rings (SSSR count). The molecule has 0 unspecified atom stereocenters.